The highest BCUT2D eigenvalue weighted by Gasteiger charge is 2.29. The molecule has 0 spiro atoms. The summed E-state index contributed by atoms with van der Waals surface area (Å²) in [6, 6.07) is 20.4. The van der Waals surface area contributed by atoms with Crippen molar-refractivity contribution in [1.82, 2.24) is 14.1 Å². The molecule has 1 saturated heterocycles. The van der Waals surface area contributed by atoms with Crippen LogP contribution in [-0.4, -0.2) is 67.7 Å². The Balaban J connectivity index is 1.60. The molecule has 6 nitrogen and oxygen atoms in total. The summed E-state index contributed by atoms with van der Waals surface area (Å²) in [6.07, 6.45) is 0.746. The summed E-state index contributed by atoms with van der Waals surface area (Å²) in [5, 5.41) is 2.04. The van der Waals surface area contributed by atoms with Crippen molar-refractivity contribution in [3.63, 3.8) is 0 Å². The van der Waals surface area contributed by atoms with Crippen molar-refractivity contribution in [2.24, 2.45) is 0 Å². The summed E-state index contributed by atoms with van der Waals surface area (Å²) in [6.45, 7) is 4.81. The molecule has 0 aliphatic carbocycles. The highest BCUT2D eigenvalue weighted by Crippen LogP contribution is 2.22. The molecule has 0 N–H and O–H groups in total. The lowest BCUT2D eigenvalue weighted by Gasteiger charge is -2.32. The minimum absolute atomic E-state index is 0.0516. The van der Waals surface area contributed by atoms with Gasteiger partial charge in [-0.1, -0.05) is 42.5 Å². The van der Waals surface area contributed by atoms with Gasteiger partial charge in [0.05, 0.1) is 4.90 Å². The van der Waals surface area contributed by atoms with Gasteiger partial charge in [0.15, 0.2) is 0 Å². The maximum absolute atomic E-state index is 13.7. The quantitative estimate of drug-likeness (QED) is 0.473. The molecular weight excluding hydrogens is 466 g/mol. The van der Waals surface area contributed by atoms with Gasteiger partial charge in [-0.3, -0.25) is 4.79 Å². The van der Waals surface area contributed by atoms with E-state index in [-0.39, 0.29) is 16.8 Å². The van der Waals surface area contributed by atoms with Gasteiger partial charge in [0.2, 0.25) is 10.0 Å². The molecule has 0 bridgehead atoms. The van der Waals surface area contributed by atoms with Gasteiger partial charge in [0, 0.05) is 55.6 Å². The zero-order valence-corrected chi connectivity index (χ0v) is 21.3. The lowest BCUT2D eigenvalue weighted by molar-refractivity contribution is 0.0675. The fraction of sp³-hybridized carbons (Fsp3) is 0.346. The van der Waals surface area contributed by atoms with Crippen molar-refractivity contribution in [3.05, 3.63) is 88.1 Å². The van der Waals surface area contributed by atoms with E-state index >= 15 is 0 Å². The molecule has 3 aromatic rings. The van der Waals surface area contributed by atoms with E-state index in [0.29, 0.717) is 38.3 Å². The summed E-state index contributed by atoms with van der Waals surface area (Å²) in [7, 11) is -1.66. The third-order valence-corrected chi connectivity index (χ3v) is 9.04. The predicted molar refractivity (Wildman–Crippen MR) is 136 cm³/mol. The molecule has 1 aromatic heterocycles. The summed E-state index contributed by atoms with van der Waals surface area (Å²) in [5.74, 6) is -0.164. The minimum Gasteiger partial charge on any atom is -0.331 e. The van der Waals surface area contributed by atoms with E-state index < -0.39 is 10.0 Å². The van der Waals surface area contributed by atoms with Crippen LogP contribution < -0.4 is 0 Å². The maximum Gasteiger partial charge on any atom is 0.254 e. The van der Waals surface area contributed by atoms with Crippen LogP contribution in [0.4, 0.5) is 0 Å². The van der Waals surface area contributed by atoms with E-state index in [2.05, 4.69) is 11.0 Å². The van der Waals surface area contributed by atoms with Crippen LogP contribution in [0, 0.1) is 0 Å². The number of benzene rings is 2. The molecule has 1 aliphatic heterocycles. The van der Waals surface area contributed by atoms with Crippen molar-refractivity contribution in [1.29, 1.82) is 0 Å². The Bertz CT molecular complexity index is 1190. The molecule has 180 valence electrons. The molecule has 0 saturated carbocycles. The Kier molecular flexibility index (Phi) is 7.83. The summed E-state index contributed by atoms with van der Waals surface area (Å²) in [5.41, 5.74) is 1.43. The van der Waals surface area contributed by atoms with Gasteiger partial charge >= 0.3 is 0 Å². The van der Waals surface area contributed by atoms with E-state index in [1.807, 2.05) is 60.6 Å². The number of carbonyl (C=O) groups excluding carboxylic acids is 1. The number of piperazine rings is 1. The molecule has 2 heterocycles. The average molecular weight is 498 g/mol. The van der Waals surface area contributed by atoms with Crippen molar-refractivity contribution in [2.75, 3.05) is 33.2 Å². The topological polar surface area (TPSA) is 60.9 Å². The first-order chi connectivity index (χ1) is 16.3. The number of hydrogen-bond acceptors (Lipinski definition) is 5. The highest BCUT2D eigenvalue weighted by atomic mass is 32.2. The molecule has 2 aromatic carbocycles. The third kappa shape index (κ3) is 5.75. The number of rotatable bonds is 8. The van der Waals surface area contributed by atoms with Gasteiger partial charge in [-0.05, 0) is 49.2 Å². The first-order valence-corrected chi connectivity index (χ1v) is 13.8. The van der Waals surface area contributed by atoms with Crippen molar-refractivity contribution in [3.8, 4) is 0 Å². The molecule has 34 heavy (non-hydrogen) atoms. The smallest absolute Gasteiger partial charge is 0.254 e. The lowest BCUT2D eigenvalue weighted by Crippen LogP contribution is -2.47. The summed E-state index contributed by atoms with van der Waals surface area (Å²) in [4.78, 5) is 19.1. The van der Waals surface area contributed by atoms with Gasteiger partial charge < -0.3 is 9.80 Å². The van der Waals surface area contributed by atoms with Crippen molar-refractivity contribution < 1.29 is 13.2 Å². The first kappa shape index (κ1) is 24.6. The molecule has 0 radical (unpaired) electrons. The number of amides is 1. The van der Waals surface area contributed by atoms with Gasteiger partial charge in [-0.15, -0.1) is 11.3 Å². The molecule has 4 rings (SSSR count). The molecule has 1 fully saturated rings. The zero-order valence-electron chi connectivity index (χ0n) is 19.6. The van der Waals surface area contributed by atoms with Crippen LogP contribution in [0.3, 0.4) is 0 Å². The monoisotopic (exact) mass is 497 g/mol. The van der Waals surface area contributed by atoms with Crippen LogP contribution in [0.25, 0.3) is 0 Å². The van der Waals surface area contributed by atoms with Crippen LogP contribution in [0.2, 0.25) is 0 Å². The Labute approximate surface area is 206 Å². The highest BCUT2D eigenvalue weighted by molar-refractivity contribution is 7.89. The second kappa shape index (κ2) is 10.8. The third-order valence-electron chi connectivity index (χ3n) is 6.25. The van der Waals surface area contributed by atoms with Crippen LogP contribution in [-0.2, 0) is 23.0 Å². The van der Waals surface area contributed by atoms with Crippen LogP contribution in [0.1, 0.15) is 27.7 Å². The second-order valence-corrected chi connectivity index (χ2v) is 11.8. The van der Waals surface area contributed by atoms with Gasteiger partial charge in [0.1, 0.15) is 0 Å². The number of nitrogens with zero attached hydrogens (tertiary/aromatic N) is 3. The Morgan fingerprint density at radius 3 is 2.41 bits per heavy atom. The normalized spacial score (nSPS) is 16.3. The molecule has 1 amide bonds. The molecule has 1 aliphatic rings. The number of carbonyl (C=O) groups is 1. The maximum atomic E-state index is 13.7. The minimum atomic E-state index is -3.65. The van der Waals surface area contributed by atoms with Crippen LogP contribution >= 0.6 is 11.3 Å². The number of likely N-dealkylation sites (N-methyl/N-ethyl adjacent to an activating group) is 1. The lowest BCUT2D eigenvalue weighted by atomic mass is 10.1. The van der Waals surface area contributed by atoms with E-state index in [1.165, 1.54) is 15.2 Å². The molecule has 8 heteroatoms. The summed E-state index contributed by atoms with van der Waals surface area (Å²) >= 11 is 1.68. The largest absolute Gasteiger partial charge is 0.331 e. The second-order valence-electron chi connectivity index (χ2n) is 8.79. The fourth-order valence-corrected chi connectivity index (χ4v) is 6.47. The average Bonchev–Trinajstić information content (AvgIpc) is 3.36. The van der Waals surface area contributed by atoms with Gasteiger partial charge in [-0.2, -0.15) is 4.31 Å². The van der Waals surface area contributed by atoms with E-state index in [0.717, 1.165) is 12.0 Å². The number of sulfonamides is 1. The zero-order chi connectivity index (χ0) is 24.1. The van der Waals surface area contributed by atoms with Gasteiger partial charge in [-0.25, -0.2) is 8.42 Å². The summed E-state index contributed by atoms with van der Waals surface area (Å²) < 4.78 is 28.0. The van der Waals surface area contributed by atoms with Gasteiger partial charge in [0.25, 0.3) is 5.91 Å². The standard InChI is InChI=1S/C26H31N3O3S2/c1-21(18-24-11-7-17-33-24)29(20-22-8-4-3-5-9-22)26(30)23-10-6-12-25(19-23)34(31,32)28-15-13-27(2)14-16-28/h3-12,17,19,21H,13-16,18,20H2,1-2H3/t21-/m0/s1. The SMILES string of the molecule is C[C@@H](Cc1cccs1)N(Cc1ccccc1)C(=O)c1cccc(S(=O)(=O)N2CCN(C)CC2)c1. The van der Waals surface area contributed by atoms with Crippen molar-refractivity contribution >= 4 is 27.3 Å². The fourth-order valence-electron chi connectivity index (χ4n) is 4.17. The van der Waals surface area contributed by atoms with E-state index in [1.54, 1.807) is 29.5 Å². The van der Waals surface area contributed by atoms with Crippen LogP contribution in [0.5, 0.6) is 0 Å². The molecule has 1 atom stereocenters. The van der Waals surface area contributed by atoms with Crippen LogP contribution in [0.15, 0.2) is 77.0 Å². The number of thiophene rings is 1. The predicted octanol–water partition coefficient (Wildman–Crippen LogP) is 3.96. The van der Waals surface area contributed by atoms with E-state index in [9.17, 15) is 13.2 Å². The Morgan fingerprint density at radius 1 is 1.00 bits per heavy atom. The number of hydrogen-bond donors (Lipinski definition) is 0. The molecule has 0 unspecified atom stereocenters. The van der Waals surface area contributed by atoms with Crippen molar-refractivity contribution in [2.45, 2.75) is 30.8 Å². The van der Waals surface area contributed by atoms with E-state index in [4.69, 9.17) is 0 Å². The Hall–Kier alpha value is -2.52. The Morgan fingerprint density at radius 2 is 1.74 bits per heavy atom. The first-order valence-electron chi connectivity index (χ1n) is 11.5. The molecular formula is C26H31N3O3S2.